The van der Waals surface area contributed by atoms with E-state index in [4.69, 9.17) is 4.74 Å². The lowest BCUT2D eigenvalue weighted by Crippen LogP contribution is -2.46. The van der Waals surface area contributed by atoms with Crippen molar-refractivity contribution < 1.29 is 9.84 Å². The van der Waals surface area contributed by atoms with Crippen molar-refractivity contribution in [1.29, 1.82) is 0 Å². The van der Waals surface area contributed by atoms with Crippen molar-refractivity contribution in [2.45, 2.75) is 19.1 Å². The van der Waals surface area contributed by atoms with Gasteiger partial charge in [-0.3, -0.25) is 0 Å². The number of aliphatic hydroxyl groups excluding tert-OH is 1. The van der Waals surface area contributed by atoms with Gasteiger partial charge in [-0.2, -0.15) is 0 Å². The second-order valence-electron chi connectivity index (χ2n) is 3.46. The molecule has 70 valence electrons. The predicted molar refractivity (Wildman–Crippen MR) is 48.1 cm³/mol. The summed E-state index contributed by atoms with van der Waals surface area (Å²) in [4.78, 5) is 2.15. The van der Waals surface area contributed by atoms with Crippen LogP contribution in [0.5, 0.6) is 0 Å². The molecule has 2 unspecified atom stereocenters. The lowest BCUT2D eigenvalue weighted by atomic mass is 10.1. The molecule has 1 heterocycles. The number of rotatable bonds is 2. The van der Waals surface area contributed by atoms with Crippen LogP contribution >= 0.6 is 0 Å². The molecule has 1 saturated heterocycles. The van der Waals surface area contributed by atoms with Gasteiger partial charge in [-0.1, -0.05) is 6.58 Å². The van der Waals surface area contributed by atoms with Gasteiger partial charge in [-0.05, 0) is 19.5 Å². The van der Waals surface area contributed by atoms with E-state index >= 15 is 0 Å². The molecular weight excluding hydrogens is 154 g/mol. The first-order valence-corrected chi connectivity index (χ1v) is 4.25. The second kappa shape index (κ2) is 4.03. The van der Waals surface area contributed by atoms with Crippen molar-refractivity contribution in [2.24, 2.45) is 0 Å². The van der Waals surface area contributed by atoms with Gasteiger partial charge < -0.3 is 14.7 Å². The van der Waals surface area contributed by atoms with E-state index in [1.165, 1.54) is 0 Å². The molecule has 0 aromatic heterocycles. The highest BCUT2D eigenvalue weighted by molar-refractivity contribution is 5.01. The molecule has 2 atom stereocenters. The Labute approximate surface area is 73.6 Å². The molecule has 0 amide bonds. The Hall–Kier alpha value is -0.380. The van der Waals surface area contributed by atoms with Gasteiger partial charge in [0, 0.05) is 13.1 Å². The first-order chi connectivity index (χ1) is 5.61. The average Bonchev–Trinajstić information content (AvgIpc) is 2.03. The second-order valence-corrected chi connectivity index (χ2v) is 3.46. The summed E-state index contributed by atoms with van der Waals surface area (Å²) >= 11 is 0. The number of hydrogen-bond donors (Lipinski definition) is 1. The maximum absolute atomic E-state index is 9.62. The van der Waals surface area contributed by atoms with E-state index in [0.29, 0.717) is 6.61 Å². The van der Waals surface area contributed by atoms with Crippen LogP contribution in [-0.4, -0.2) is 49.0 Å². The maximum atomic E-state index is 9.62. The van der Waals surface area contributed by atoms with Crippen LogP contribution in [0.3, 0.4) is 0 Å². The zero-order chi connectivity index (χ0) is 9.14. The summed E-state index contributed by atoms with van der Waals surface area (Å²) in [5.41, 5.74) is 0.773. The topological polar surface area (TPSA) is 32.7 Å². The number of aliphatic hydroxyl groups is 1. The largest absolute Gasteiger partial charge is 0.386 e. The highest BCUT2D eigenvalue weighted by Gasteiger charge is 2.25. The molecule has 0 saturated carbocycles. The van der Waals surface area contributed by atoms with Gasteiger partial charge in [0.1, 0.15) is 6.10 Å². The standard InChI is InChI=1S/C9H17NO2/c1-7(2)9(11)8-6-10(3)4-5-12-8/h8-9,11H,1,4-6H2,2-3H3. The fourth-order valence-corrected chi connectivity index (χ4v) is 1.32. The number of hydrogen-bond acceptors (Lipinski definition) is 3. The molecule has 1 fully saturated rings. The van der Waals surface area contributed by atoms with Crippen LogP contribution in [-0.2, 0) is 4.74 Å². The van der Waals surface area contributed by atoms with Crippen LogP contribution < -0.4 is 0 Å². The van der Waals surface area contributed by atoms with E-state index in [1.54, 1.807) is 0 Å². The summed E-state index contributed by atoms with van der Waals surface area (Å²) in [6, 6.07) is 0. The van der Waals surface area contributed by atoms with Crippen molar-refractivity contribution in [3.63, 3.8) is 0 Å². The minimum absolute atomic E-state index is 0.0961. The lowest BCUT2D eigenvalue weighted by Gasteiger charge is -2.33. The van der Waals surface area contributed by atoms with Crippen molar-refractivity contribution in [2.75, 3.05) is 26.7 Å². The Morgan fingerprint density at radius 1 is 1.75 bits per heavy atom. The molecule has 1 N–H and O–H groups in total. The van der Waals surface area contributed by atoms with E-state index in [1.807, 2.05) is 14.0 Å². The first kappa shape index (κ1) is 9.71. The van der Waals surface area contributed by atoms with Gasteiger partial charge in [-0.25, -0.2) is 0 Å². The van der Waals surface area contributed by atoms with Gasteiger partial charge in [0.2, 0.25) is 0 Å². The van der Waals surface area contributed by atoms with Crippen molar-refractivity contribution in [3.05, 3.63) is 12.2 Å². The van der Waals surface area contributed by atoms with Gasteiger partial charge >= 0.3 is 0 Å². The molecule has 0 bridgehead atoms. The van der Waals surface area contributed by atoms with Gasteiger partial charge in [0.25, 0.3) is 0 Å². The van der Waals surface area contributed by atoms with E-state index in [9.17, 15) is 5.11 Å². The minimum atomic E-state index is -0.521. The van der Waals surface area contributed by atoms with Gasteiger partial charge in [-0.15, -0.1) is 0 Å². The molecule has 1 aliphatic heterocycles. The van der Waals surface area contributed by atoms with Gasteiger partial charge in [0.05, 0.1) is 12.7 Å². The monoisotopic (exact) mass is 171 g/mol. The van der Waals surface area contributed by atoms with Crippen LogP contribution in [0.2, 0.25) is 0 Å². The summed E-state index contributed by atoms with van der Waals surface area (Å²) in [7, 11) is 2.03. The molecule has 0 aliphatic carbocycles. The van der Waals surface area contributed by atoms with Crippen molar-refractivity contribution in [3.8, 4) is 0 Å². The number of nitrogens with zero attached hydrogens (tertiary/aromatic N) is 1. The average molecular weight is 171 g/mol. The smallest absolute Gasteiger partial charge is 0.102 e. The third-order valence-corrected chi connectivity index (χ3v) is 2.15. The molecule has 3 nitrogen and oxygen atoms in total. The molecule has 1 aliphatic rings. The van der Waals surface area contributed by atoms with Crippen LogP contribution in [0.25, 0.3) is 0 Å². The highest BCUT2D eigenvalue weighted by atomic mass is 16.5. The van der Waals surface area contributed by atoms with Crippen molar-refractivity contribution >= 4 is 0 Å². The highest BCUT2D eigenvalue weighted by Crippen LogP contribution is 2.12. The van der Waals surface area contributed by atoms with Crippen LogP contribution in [0, 0.1) is 0 Å². The van der Waals surface area contributed by atoms with E-state index in [-0.39, 0.29) is 6.10 Å². The third-order valence-electron chi connectivity index (χ3n) is 2.15. The fourth-order valence-electron chi connectivity index (χ4n) is 1.32. The Morgan fingerprint density at radius 2 is 2.42 bits per heavy atom. The van der Waals surface area contributed by atoms with E-state index < -0.39 is 6.10 Å². The Morgan fingerprint density at radius 3 is 2.92 bits per heavy atom. The Kier molecular flexibility index (Phi) is 3.26. The molecule has 0 aromatic rings. The van der Waals surface area contributed by atoms with Crippen LogP contribution in [0.15, 0.2) is 12.2 Å². The van der Waals surface area contributed by atoms with E-state index in [0.717, 1.165) is 18.7 Å². The molecule has 0 radical (unpaired) electrons. The third kappa shape index (κ3) is 2.30. The molecule has 1 rings (SSSR count). The zero-order valence-corrected chi connectivity index (χ0v) is 7.79. The van der Waals surface area contributed by atoms with Crippen LogP contribution in [0.4, 0.5) is 0 Å². The summed E-state index contributed by atoms with van der Waals surface area (Å²) < 4.78 is 5.42. The quantitative estimate of drug-likeness (QED) is 0.605. The Balaban J connectivity index is 2.45. The molecule has 3 heteroatoms. The molecule has 0 spiro atoms. The maximum Gasteiger partial charge on any atom is 0.102 e. The molecule has 12 heavy (non-hydrogen) atoms. The summed E-state index contributed by atoms with van der Waals surface area (Å²) in [5.74, 6) is 0. The summed E-state index contributed by atoms with van der Waals surface area (Å²) in [5, 5.41) is 9.62. The van der Waals surface area contributed by atoms with Crippen molar-refractivity contribution in [1.82, 2.24) is 4.90 Å². The molecular formula is C9H17NO2. The summed E-state index contributed by atoms with van der Waals surface area (Å²) in [6.07, 6.45) is -0.617. The van der Waals surface area contributed by atoms with E-state index in [2.05, 4.69) is 11.5 Å². The normalized spacial score (nSPS) is 28.4. The van der Waals surface area contributed by atoms with Crippen LogP contribution in [0.1, 0.15) is 6.92 Å². The minimum Gasteiger partial charge on any atom is -0.386 e. The predicted octanol–water partition coefficient (Wildman–Crippen LogP) is 0.254. The van der Waals surface area contributed by atoms with Gasteiger partial charge in [0.15, 0.2) is 0 Å². The summed E-state index contributed by atoms with van der Waals surface area (Å²) in [6.45, 7) is 7.96. The lowest BCUT2D eigenvalue weighted by molar-refractivity contribution is -0.0711. The first-order valence-electron chi connectivity index (χ1n) is 4.25. The molecule has 0 aromatic carbocycles. The fraction of sp³-hybridized carbons (Fsp3) is 0.778. The Bertz CT molecular complexity index is 170. The SMILES string of the molecule is C=C(C)C(O)C1CN(C)CCO1. The zero-order valence-electron chi connectivity index (χ0n) is 7.79. The number of ether oxygens (including phenoxy) is 1. The number of likely N-dealkylation sites (N-methyl/N-ethyl adjacent to an activating group) is 1. The number of morpholine rings is 1.